The molecule has 1 atom stereocenters. The van der Waals surface area contributed by atoms with E-state index in [0.29, 0.717) is 17.1 Å². The molecule has 0 aliphatic rings. The Balaban J connectivity index is 1.97. The topological polar surface area (TPSA) is 75.7 Å². The van der Waals surface area contributed by atoms with Gasteiger partial charge in [-0.1, -0.05) is 19.1 Å². The second kappa shape index (κ2) is 8.23. The van der Waals surface area contributed by atoms with Crippen LogP contribution in [0.2, 0.25) is 0 Å². The molecule has 0 spiro atoms. The maximum atomic E-state index is 12.3. The average molecular weight is 376 g/mol. The molecule has 0 aromatic heterocycles. The van der Waals surface area contributed by atoms with Crippen LogP contribution in [0.3, 0.4) is 0 Å². The van der Waals surface area contributed by atoms with Crippen molar-refractivity contribution in [2.24, 2.45) is 0 Å². The molecule has 2 aromatic carbocycles. The van der Waals surface area contributed by atoms with Crippen molar-refractivity contribution in [1.82, 2.24) is 0 Å². The molecule has 0 fully saturated rings. The van der Waals surface area contributed by atoms with Crippen LogP contribution in [-0.2, 0) is 21.2 Å². The van der Waals surface area contributed by atoms with Crippen LogP contribution in [0.4, 0.5) is 11.4 Å². The van der Waals surface area contributed by atoms with E-state index in [9.17, 15) is 13.2 Å². The lowest BCUT2D eigenvalue weighted by molar-refractivity contribution is -0.122. The molecule has 0 radical (unpaired) electrons. The van der Waals surface area contributed by atoms with Gasteiger partial charge < -0.3 is 10.1 Å². The molecule has 0 saturated heterocycles. The number of carbonyl (C=O) groups excluding carboxylic acids is 1. The summed E-state index contributed by atoms with van der Waals surface area (Å²) in [4.78, 5) is 12.3. The molecule has 140 valence electrons. The van der Waals surface area contributed by atoms with Gasteiger partial charge in [0.2, 0.25) is 10.0 Å². The highest BCUT2D eigenvalue weighted by Crippen LogP contribution is 2.21. The molecule has 2 rings (SSSR count). The van der Waals surface area contributed by atoms with Crippen LogP contribution in [0.5, 0.6) is 5.75 Å². The van der Waals surface area contributed by atoms with Crippen molar-refractivity contribution in [3.05, 3.63) is 54.1 Å². The lowest BCUT2D eigenvalue weighted by Crippen LogP contribution is -2.30. The maximum Gasteiger partial charge on any atom is 0.265 e. The number of rotatable bonds is 7. The summed E-state index contributed by atoms with van der Waals surface area (Å²) in [5.41, 5.74) is 2.44. The van der Waals surface area contributed by atoms with Crippen molar-refractivity contribution in [3.63, 3.8) is 0 Å². The number of carbonyl (C=O) groups is 1. The molecule has 7 heteroatoms. The zero-order valence-electron chi connectivity index (χ0n) is 15.4. The summed E-state index contributed by atoms with van der Waals surface area (Å²) in [6.45, 7) is 3.73. The quantitative estimate of drug-likeness (QED) is 0.806. The van der Waals surface area contributed by atoms with E-state index in [2.05, 4.69) is 12.2 Å². The fourth-order valence-electron chi connectivity index (χ4n) is 2.25. The Bertz CT molecular complexity index is 846. The molecule has 0 heterocycles. The lowest BCUT2D eigenvalue weighted by Gasteiger charge is -2.18. The first-order valence-electron chi connectivity index (χ1n) is 8.31. The Morgan fingerprint density at radius 1 is 1.12 bits per heavy atom. The first kappa shape index (κ1) is 19.8. The highest BCUT2D eigenvalue weighted by Gasteiger charge is 2.16. The van der Waals surface area contributed by atoms with E-state index in [1.54, 1.807) is 31.2 Å². The predicted molar refractivity (Wildman–Crippen MR) is 104 cm³/mol. The van der Waals surface area contributed by atoms with Gasteiger partial charge in [-0.25, -0.2) is 8.42 Å². The third-order valence-electron chi connectivity index (χ3n) is 4.01. The number of hydrogen-bond donors (Lipinski definition) is 1. The number of aryl methyl sites for hydroxylation is 1. The highest BCUT2D eigenvalue weighted by atomic mass is 32.2. The van der Waals surface area contributed by atoms with E-state index in [-0.39, 0.29) is 5.91 Å². The molecule has 0 saturated carbocycles. The highest BCUT2D eigenvalue weighted by molar-refractivity contribution is 7.92. The van der Waals surface area contributed by atoms with E-state index in [4.69, 9.17) is 4.74 Å². The fourth-order valence-corrected chi connectivity index (χ4v) is 2.76. The van der Waals surface area contributed by atoms with Crippen LogP contribution < -0.4 is 14.4 Å². The van der Waals surface area contributed by atoms with Crippen LogP contribution in [-0.4, -0.2) is 33.7 Å². The largest absolute Gasteiger partial charge is 0.481 e. The van der Waals surface area contributed by atoms with Crippen molar-refractivity contribution in [2.45, 2.75) is 26.4 Å². The van der Waals surface area contributed by atoms with Gasteiger partial charge >= 0.3 is 0 Å². The SMILES string of the molecule is CCc1ccc(NC(=O)[C@@H](C)Oc2ccc(N(C)S(C)(=O)=O)cc2)cc1. The zero-order valence-corrected chi connectivity index (χ0v) is 16.2. The number of benzene rings is 2. The van der Waals surface area contributed by atoms with E-state index >= 15 is 0 Å². The van der Waals surface area contributed by atoms with Crippen molar-refractivity contribution in [2.75, 3.05) is 22.9 Å². The summed E-state index contributed by atoms with van der Waals surface area (Å²) in [6, 6.07) is 14.2. The summed E-state index contributed by atoms with van der Waals surface area (Å²) >= 11 is 0. The second-order valence-electron chi connectivity index (χ2n) is 6.02. The number of amides is 1. The third-order valence-corrected chi connectivity index (χ3v) is 5.22. The van der Waals surface area contributed by atoms with Gasteiger partial charge in [0.15, 0.2) is 6.10 Å². The first-order chi connectivity index (χ1) is 12.2. The Morgan fingerprint density at radius 3 is 2.19 bits per heavy atom. The monoisotopic (exact) mass is 376 g/mol. The number of sulfonamides is 1. The minimum Gasteiger partial charge on any atom is -0.481 e. The molecule has 0 aliphatic heterocycles. The Morgan fingerprint density at radius 2 is 1.69 bits per heavy atom. The molecular formula is C19H24N2O4S. The summed E-state index contributed by atoms with van der Waals surface area (Å²) in [6.07, 6.45) is 1.38. The van der Waals surface area contributed by atoms with Crippen LogP contribution >= 0.6 is 0 Å². The molecule has 1 N–H and O–H groups in total. The van der Waals surface area contributed by atoms with Gasteiger partial charge in [0.25, 0.3) is 5.91 Å². The number of hydrogen-bond acceptors (Lipinski definition) is 4. The number of ether oxygens (including phenoxy) is 1. The normalized spacial score (nSPS) is 12.3. The van der Waals surface area contributed by atoms with Gasteiger partial charge in [-0.3, -0.25) is 9.10 Å². The van der Waals surface area contributed by atoms with Gasteiger partial charge in [-0.2, -0.15) is 0 Å². The summed E-state index contributed by atoms with van der Waals surface area (Å²) in [5, 5.41) is 2.81. The minimum absolute atomic E-state index is 0.258. The number of nitrogens with zero attached hydrogens (tertiary/aromatic N) is 1. The summed E-state index contributed by atoms with van der Waals surface area (Å²) in [7, 11) is -1.84. The molecule has 26 heavy (non-hydrogen) atoms. The molecule has 0 unspecified atom stereocenters. The van der Waals surface area contributed by atoms with Gasteiger partial charge in [0.05, 0.1) is 11.9 Å². The molecule has 1 amide bonds. The lowest BCUT2D eigenvalue weighted by atomic mass is 10.1. The zero-order chi connectivity index (χ0) is 19.3. The van der Waals surface area contributed by atoms with Gasteiger partial charge in [0, 0.05) is 12.7 Å². The van der Waals surface area contributed by atoms with Crippen molar-refractivity contribution >= 4 is 27.3 Å². The van der Waals surface area contributed by atoms with Crippen molar-refractivity contribution in [3.8, 4) is 5.75 Å². The van der Waals surface area contributed by atoms with E-state index in [0.717, 1.165) is 12.7 Å². The average Bonchev–Trinajstić information content (AvgIpc) is 2.61. The van der Waals surface area contributed by atoms with Gasteiger partial charge in [0.1, 0.15) is 5.75 Å². The summed E-state index contributed by atoms with van der Waals surface area (Å²) < 4.78 is 29.9. The molecular weight excluding hydrogens is 352 g/mol. The predicted octanol–water partition coefficient (Wildman–Crippen LogP) is 3.05. The van der Waals surface area contributed by atoms with Crippen molar-refractivity contribution < 1.29 is 17.9 Å². The Kier molecular flexibility index (Phi) is 6.26. The molecule has 0 aliphatic carbocycles. The number of anilines is 2. The van der Waals surface area contributed by atoms with Crippen LogP contribution in [0.15, 0.2) is 48.5 Å². The van der Waals surface area contributed by atoms with Crippen LogP contribution in [0.1, 0.15) is 19.4 Å². The second-order valence-corrected chi connectivity index (χ2v) is 8.04. The molecule has 6 nitrogen and oxygen atoms in total. The van der Waals surface area contributed by atoms with E-state index < -0.39 is 16.1 Å². The number of nitrogens with one attached hydrogen (secondary N) is 1. The standard InChI is InChI=1S/C19H24N2O4S/c1-5-15-6-8-16(9-7-15)20-19(22)14(2)25-18-12-10-17(11-13-18)21(3)26(4,23)24/h6-14H,5H2,1-4H3,(H,20,22)/t14-/m1/s1. The van der Waals surface area contributed by atoms with E-state index in [1.807, 2.05) is 24.3 Å². The Hall–Kier alpha value is -2.54. The fraction of sp³-hybridized carbons (Fsp3) is 0.316. The molecule has 2 aromatic rings. The first-order valence-corrected chi connectivity index (χ1v) is 10.2. The van der Waals surface area contributed by atoms with Crippen molar-refractivity contribution in [1.29, 1.82) is 0 Å². The smallest absolute Gasteiger partial charge is 0.265 e. The van der Waals surface area contributed by atoms with Crippen LogP contribution in [0.25, 0.3) is 0 Å². The summed E-state index contributed by atoms with van der Waals surface area (Å²) in [5.74, 6) is 0.228. The maximum absolute atomic E-state index is 12.3. The van der Waals surface area contributed by atoms with Gasteiger partial charge in [-0.05, 0) is 55.3 Å². The van der Waals surface area contributed by atoms with Crippen LogP contribution in [0, 0.1) is 0 Å². The van der Waals surface area contributed by atoms with Gasteiger partial charge in [-0.15, -0.1) is 0 Å². The minimum atomic E-state index is -3.32. The Labute approximate surface area is 154 Å². The third kappa shape index (κ3) is 5.23. The van der Waals surface area contributed by atoms with E-state index in [1.165, 1.54) is 16.9 Å². The molecule has 0 bridgehead atoms.